The van der Waals surface area contributed by atoms with Crippen molar-refractivity contribution in [2.75, 3.05) is 0 Å². The first kappa shape index (κ1) is 25.2. The van der Waals surface area contributed by atoms with E-state index in [0.29, 0.717) is 5.56 Å². The van der Waals surface area contributed by atoms with E-state index < -0.39 is 29.5 Å². The minimum absolute atomic E-state index is 0.00523. The van der Waals surface area contributed by atoms with E-state index in [4.69, 9.17) is 14.8 Å². The predicted molar refractivity (Wildman–Crippen MR) is 134 cm³/mol. The molecule has 0 saturated heterocycles. The van der Waals surface area contributed by atoms with Crippen LogP contribution in [0.2, 0.25) is 0 Å². The van der Waals surface area contributed by atoms with Gasteiger partial charge in [-0.05, 0) is 48.3 Å². The normalized spacial score (nSPS) is 29.9. The summed E-state index contributed by atoms with van der Waals surface area (Å²) in [5, 5.41) is 9.16. The van der Waals surface area contributed by atoms with Crippen LogP contribution in [0.4, 0.5) is 13.2 Å². The van der Waals surface area contributed by atoms with Crippen molar-refractivity contribution in [1.82, 2.24) is 4.98 Å². The van der Waals surface area contributed by atoms with Crippen molar-refractivity contribution in [3.8, 4) is 0 Å². The second-order valence-electron chi connectivity index (χ2n) is 11.6. The fourth-order valence-electron chi connectivity index (χ4n) is 6.46. The lowest BCUT2D eigenvalue weighted by atomic mass is 9.68. The summed E-state index contributed by atoms with van der Waals surface area (Å²) in [6.07, 6.45) is 0.202. The smallest absolute Gasteiger partial charge is 0.416 e. The molecule has 0 radical (unpaired) electrons. The average molecular weight is 553 g/mol. The zero-order valence-electron chi connectivity index (χ0n) is 20.7. The Labute approximate surface area is 213 Å². The second-order valence-corrected chi connectivity index (χ2v) is 12.7. The zero-order chi connectivity index (χ0) is 25.3. The molecule has 0 bridgehead atoms. The maximum Gasteiger partial charge on any atom is 0.416 e. The minimum Gasteiger partial charge on any atom is -0.440 e. The van der Waals surface area contributed by atoms with Gasteiger partial charge in [-0.1, -0.05) is 68.6 Å². The van der Waals surface area contributed by atoms with Crippen LogP contribution >= 0.6 is 15.9 Å². The molecule has 1 aromatic heterocycles. The lowest BCUT2D eigenvalue weighted by Crippen LogP contribution is -2.41. The van der Waals surface area contributed by atoms with Crippen LogP contribution in [0.15, 0.2) is 24.3 Å². The molecule has 7 heteroatoms. The molecule has 35 heavy (non-hydrogen) atoms. The number of ether oxygens (including phenoxy) is 1. The maximum absolute atomic E-state index is 13.3. The quantitative estimate of drug-likeness (QED) is 0.284. The number of rotatable bonds is 2. The van der Waals surface area contributed by atoms with E-state index in [0.717, 1.165) is 78.7 Å². The van der Waals surface area contributed by atoms with Crippen LogP contribution in [0.5, 0.6) is 0 Å². The van der Waals surface area contributed by atoms with E-state index >= 15 is 0 Å². The van der Waals surface area contributed by atoms with Gasteiger partial charge >= 0.3 is 6.18 Å². The second kappa shape index (κ2) is 8.56. The molecule has 1 spiro atoms. The molecule has 2 heterocycles. The Bertz CT molecular complexity index is 1130. The predicted octanol–water partition coefficient (Wildman–Crippen LogP) is 7.61. The number of hydrogen-bond acceptors (Lipinski definition) is 2. The fraction of sp³-hybridized carbons (Fsp3) is 0.607. The number of hydrogen-bond donors (Lipinski definition) is 0. The molecule has 2 aromatic rings. The summed E-state index contributed by atoms with van der Waals surface area (Å²) in [7, 11) is 0. The minimum atomic E-state index is -4.38. The van der Waals surface area contributed by atoms with Gasteiger partial charge in [-0.3, -0.25) is 4.98 Å². The van der Waals surface area contributed by atoms with Crippen molar-refractivity contribution >= 4 is 15.9 Å². The molecule has 3 aliphatic rings. The standard InChI is InChI=1S/C28H33BrF3NO2/c1-15(2)24-22-23(21-18(33-24)13-26(3,4)14-19(21)34)27(12-6-5-7-20(27)29)35-25(22)16-8-10-17(11-9-16)28(30,31)32/h8-11,15,19-20,25,34H,5-7,12-14H2,1-4H3/p+1/t19?,20?,25-,27?/m1/s1. The molecule has 1 saturated carbocycles. The van der Waals surface area contributed by atoms with Crippen molar-refractivity contribution < 1.29 is 23.0 Å². The molecule has 1 aromatic carbocycles. The molecule has 1 aliphatic heterocycles. The Balaban J connectivity index is 1.77. The van der Waals surface area contributed by atoms with E-state index in [9.17, 15) is 13.2 Å². The van der Waals surface area contributed by atoms with Crippen molar-refractivity contribution in [1.29, 1.82) is 0 Å². The molecule has 2 N–H and O–H groups in total. The van der Waals surface area contributed by atoms with Crippen molar-refractivity contribution in [2.45, 2.75) is 101 Å². The average Bonchev–Trinajstić information content (AvgIpc) is 3.09. The molecular formula is C28H34BrF3NO2+. The summed E-state index contributed by atoms with van der Waals surface area (Å²) < 4.78 is 46.8. The van der Waals surface area contributed by atoms with Crippen molar-refractivity contribution in [3.63, 3.8) is 0 Å². The van der Waals surface area contributed by atoms with E-state index in [2.05, 4.69) is 43.6 Å². The van der Waals surface area contributed by atoms with Gasteiger partial charge in [-0.25, -0.2) is 0 Å². The van der Waals surface area contributed by atoms with Gasteiger partial charge in [0.1, 0.15) is 11.7 Å². The topological polar surface area (TPSA) is 45.0 Å². The lowest BCUT2D eigenvalue weighted by Gasteiger charge is -2.41. The van der Waals surface area contributed by atoms with Crippen LogP contribution < -0.4 is 0 Å². The van der Waals surface area contributed by atoms with Crippen LogP contribution in [0, 0.1) is 5.41 Å². The van der Waals surface area contributed by atoms with Crippen LogP contribution in [0.1, 0.15) is 117 Å². The molecule has 4 atom stereocenters. The van der Waals surface area contributed by atoms with Crippen LogP contribution in [0.25, 0.3) is 0 Å². The first-order valence-corrected chi connectivity index (χ1v) is 13.5. The van der Waals surface area contributed by atoms with Gasteiger partial charge in [-0.15, -0.1) is 0 Å². The van der Waals surface area contributed by atoms with Gasteiger partial charge in [0.2, 0.25) is 0 Å². The summed E-state index contributed by atoms with van der Waals surface area (Å²) >= 11 is 3.96. The Kier molecular flexibility index (Phi) is 6.17. The number of nitrogens with zero attached hydrogens (tertiary/aromatic N) is 1. The van der Waals surface area contributed by atoms with Crippen molar-refractivity contribution in [3.05, 3.63) is 63.5 Å². The largest absolute Gasteiger partial charge is 0.440 e. The number of pyridine rings is 1. The summed E-state index contributed by atoms with van der Waals surface area (Å²) in [4.78, 5) is 5.25. The Hall–Kier alpha value is -1.44. The third kappa shape index (κ3) is 4.15. The molecule has 3 nitrogen and oxygen atoms in total. The van der Waals surface area contributed by atoms with E-state index in [1.54, 1.807) is 12.1 Å². The van der Waals surface area contributed by atoms with Gasteiger partial charge in [-0.2, -0.15) is 13.2 Å². The Morgan fingerprint density at radius 1 is 1.11 bits per heavy atom. The van der Waals surface area contributed by atoms with Crippen LogP contribution in [-0.2, 0) is 22.9 Å². The number of aromatic nitrogens is 1. The molecule has 2 aliphatic carbocycles. The summed E-state index contributed by atoms with van der Waals surface area (Å²) in [5.74, 6) is 0.122. The highest BCUT2D eigenvalue weighted by molar-refractivity contribution is 9.09. The Morgan fingerprint density at radius 2 is 1.80 bits per heavy atom. The summed E-state index contributed by atoms with van der Waals surface area (Å²) in [6, 6.07) is 5.39. The van der Waals surface area contributed by atoms with Gasteiger partial charge in [0.15, 0.2) is 6.10 Å². The van der Waals surface area contributed by atoms with Crippen LogP contribution in [0.3, 0.4) is 0 Å². The highest BCUT2D eigenvalue weighted by atomic mass is 79.9. The molecule has 1 fully saturated rings. The van der Waals surface area contributed by atoms with E-state index in [1.807, 2.05) is 0 Å². The van der Waals surface area contributed by atoms with Gasteiger partial charge in [0, 0.05) is 28.1 Å². The monoisotopic (exact) mass is 552 g/mol. The highest BCUT2D eigenvalue weighted by Crippen LogP contribution is 2.60. The maximum atomic E-state index is 13.3. The fourth-order valence-corrected chi connectivity index (χ4v) is 7.35. The molecule has 190 valence electrons. The number of alkyl halides is 4. The summed E-state index contributed by atoms with van der Waals surface area (Å²) in [6.45, 7) is 8.63. The lowest BCUT2D eigenvalue weighted by molar-refractivity contribution is -0.137. The van der Waals surface area contributed by atoms with Gasteiger partial charge < -0.3 is 9.84 Å². The first-order chi connectivity index (χ1) is 16.3. The zero-order valence-corrected chi connectivity index (χ0v) is 22.3. The first-order valence-electron chi connectivity index (χ1n) is 12.6. The molecule has 5 rings (SSSR count). The Morgan fingerprint density at radius 3 is 2.40 bits per heavy atom. The third-order valence-electron chi connectivity index (χ3n) is 7.99. The van der Waals surface area contributed by atoms with Crippen LogP contribution in [-0.4, -0.2) is 14.9 Å². The highest BCUT2D eigenvalue weighted by Gasteiger charge is 2.56. The molecular weight excluding hydrogens is 519 g/mol. The van der Waals surface area contributed by atoms with Gasteiger partial charge in [0.25, 0.3) is 0 Å². The number of fused-ring (bicyclic) bond motifs is 4. The van der Waals surface area contributed by atoms with E-state index in [1.165, 1.54) is 0 Å². The SMILES string of the molecule is CC(C)c1nc2c(c3c1[C@@H](c1ccc(C(F)(F)F)cc1)OC31CCCCC1Br)C([OH2+])CC(C)(C)C2. The van der Waals surface area contributed by atoms with Gasteiger partial charge in [0.05, 0.1) is 16.8 Å². The number of halogens is 4. The number of benzene rings is 1. The van der Waals surface area contributed by atoms with E-state index in [-0.39, 0.29) is 16.2 Å². The summed E-state index contributed by atoms with van der Waals surface area (Å²) in [5.41, 5.74) is 4.50. The molecule has 0 amide bonds. The third-order valence-corrected chi connectivity index (χ3v) is 9.19. The van der Waals surface area contributed by atoms with Crippen molar-refractivity contribution in [2.24, 2.45) is 5.41 Å². The molecule has 3 unspecified atom stereocenters.